The van der Waals surface area contributed by atoms with Gasteiger partial charge in [0.15, 0.2) is 23.2 Å². The first-order chi connectivity index (χ1) is 17.8. The normalized spacial score (nSPS) is 14.1. The van der Waals surface area contributed by atoms with Crippen molar-refractivity contribution in [3.8, 4) is 11.6 Å². The SMILES string of the molecule is CNC(=O)c1c(Nc2ccc(N3CCN(C)CC3)cc2)ncnc1Oc1cc(F)c2[nH]c(C)cc2c1F. The number of aromatic amines is 1. The fraction of sp³-hybridized carbons (Fsp3) is 0.269. The minimum absolute atomic E-state index is 0.0407. The summed E-state index contributed by atoms with van der Waals surface area (Å²) >= 11 is 0. The number of nitrogens with one attached hydrogen (secondary N) is 3. The van der Waals surface area contributed by atoms with Gasteiger partial charge in [-0.3, -0.25) is 4.79 Å². The summed E-state index contributed by atoms with van der Waals surface area (Å²) in [7, 11) is 3.56. The van der Waals surface area contributed by atoms with E-state index >= 15 is 4.39 Å². The number of ether oxygens (including phenoxy) is 1. The second-order valence-corrected chi connectivity index (χ2v) is 8.96. The van der Waals surface area contributed by atoms with E-state index in [0.717, 1.165) is 37.9 Å². The molecule has 0 radical (unpaired) electrons. The van der Waals surface area contributed by atoms with Crippen LogP contribution in [0.1, 0.15) is 16.1 Å². The summed E-state index contributed by atoms with van der Waals surface area (Å²) < 4.78 is 35.4. The predicted molar refractivity (Wildman–Crippen MR) is 138 cm³/mol. The topological polar surface area (TPSA) is 98.4 Å². The van der Waals surface area contributed by atoms with Crippen molar-refractivity contribution in [2.75, 3.05) is 50.5 Å². The lowest BCUT2D eigenvalue weighted by Gasteiger charge is -2.34. The highest BCUT2D eigenvalue weighted by molar-refractivity contribution is 6.01. The summed E-state index contributed by atoms with van der Waals surface area (Å²) in [6.07, 6.45) is 1.19. The number of hydrogen-bond donors (Lipinski definition) is 3. The van der Waals surface area contributed by atoms with Gasteiger partial charge < -0.3 is 30.2 Å². The van der Waals surface area contributed by atoms with Crippen LogP contribution in [0.4, 0.5) is 26.0 Å². The van der Waals surface area contributed by atoms with Crippen LogP contribution in [0.15, 0.2) is 42.7 Å². The number of halogens is 2. The number of benzene rings is 2. The van der Waals surface area contributed by atoms with Gasteiger partial charge in [0.2, 0.25) is 5.88 Å². The third-order valence-electron chi connectivity index (χ3n) is 6.37. The molecule has 0 aliphatic carbocycles. The van der Waals surface area contributed by atoms with E-state index in [1.807, 2.05) is 24.3 Å². The second kappa shape index (κ2) is 10.0. The number of hydrogen-bond acceptors (Lipinski definition) is 7. The Morgan fingerprint density at radius 2 is 1.81 bits per heavy atom. The summed E-state index contributed by atoms with van der Waals surface area (Å²) in [6.45, 7) is 5.59. The van der Waals surface area contributed by atoms with Crippen molar-refractivity contribution in [1.29, 1.82) is 0 Å². The van der Waals surface area contributed by atoms with E-state index in [2.05, 4.69) is 42.4 Å². The molecule has 5 rings (SSSR count). The molecular formula is C26H27F2N7O2. The first kappa shape index (κ1) is 24.4. The average Bonchev–Trinajstić information content (AvgIpc) is 3.30. The van der Waals surface area contributed by atoms with Crippen LogP contribution < -0.4 is 20.3 Å². The van der Waals surface area contributed by atoms with Crippen LogP contribution in [-0.4, -0.2) is 66.0 Å². The smallest absolute Gasteiger partial charge is 0.260 e. The number of piperazine rings is 1. The number of anilines is 3. The van der Waals surface area contributed by atoms with E-state index in [0.29, 0.717) is 11.4 Å². The minimum atomic E-state index is -0.767. The third-order valence-corrected chi connectivity index (χ3v) is 6.37. The van der Waals surface area contributed by atoms with Crippen LogP contribution in [0, 0.1) is 18.6 Å². The van der Waals surface area contributed by atoms with Crippen molar-refractivity contribution in [3.63, 3.8) is 0 Å². The average molecular weight is 508 g/mol. The Balaban J connectivity index is 1.44. The molecule has 11 heteroatoms. The third kappa shape index (κ3) is 4.90. The maximum atomic E-state index is 15.1. The molecule has 1 aliphatic rings. The lowest BCUT2D eigenvalue weighted by atomic mass is 10.2. The van der Waals surface area contributed by atoms with Gasteiger partial charge in [-0.15, -0.1) is 0 Å². The number of H-pyrrole nitrogens is 1. The Labute approximate surface area is 212 Å². The highest BCUT2D eigenvalue weighted by atomic mass is 19.1. The van der Waals surface area contributed by atoms with Crippen LogP contribution >= 0.6 is 0 Å². The molecule has 192 valence electrons. The van der Waals surface area contributed by atoms with Crippen molar-refractivity contribution in [1.82, 2.24) is 25.2 Å². The standard InChI is InChI=1S/C26H27F2N7O2/c1-15-12-18-22(28)20(13-19(27)23(18)32-15)37-26-21(25(36)29-2)24(30-14-31-26)33-16-4-6-17(7-5-16)35-10-8-34(3)9-11-35/h4-7,12-14,32H,8-11H2,1-3H3,(H,29,36)(H,30,31,33). The number of carbonyl (C=O) groups excluding carboxylic acids is 1. The van der Waals surface area contributed by atoms with Crippen LogP contribution in [-0.2, 0) is 0 Å². The number of carbonyl (C=O) groups is 1. The zero-order valence-corrected chi connectivity index (χ0v) is 20.7. The minimum Gasteiger partial charge on any atom is -0.435 e. The number of amides is 1. The van der Waals surface area contributed by atoms with Gasteiger partial charge in [-0.05, 0) is 44.3 Å². The highest BCUT2D eigenvalue weighted by Gasteiger charge is 2.23. The predicted octanol–water partition coefficient (Wildman–Crippen LogP) is 4.19. The number of aromatic nitrogens is 3. The lowest BCUT2D eigenvalue weighted by Crippen LogP contribution is -2.44. The molecular weight excluding hydrogens is 480 g/mol. The van der Waals surface area contributed by atoms with Gasteiger partial charge in [0.05, 0.1) is 5.52 Å². The molecule has 1 saturated heterocycles. The van der Waals surface area contributed by atoms with E-state index in [4.69, 9.17) is 4.74 Å². The Morgan fingerprint density at radius 1 is 1.08 bits per heavy atom. The summed E-state index contributed by atoms with van der Waals surface area (Å²) in [5.74, 6) is -2.45. The van der Waals surface area contributed by atoms with Crippen LogP contribution in [0.2, 0.25) is 0 Å². The molecule has 2 aromatic heterocycles. The molecule has 1 amide bonds. The Bertz CT molecular complexity index is 1450. The Kier molecular flexibility index (Phi) is 6.62. The monoisotopic (exact) mass is 507 g/mol. The lowest BCUT2D eigenvalue weighted by molar-refractivity contribution is 0.0960. The number of rotatable bonds is 6. The molecule has 3 heterocycles. The molecule has 0 saturated carbocycles. The molecule has 4 aromatic rings. The quantitative estimate of drug-likeness (QED) is 0.360. The highest BCUT2D eigenvalue weighted by Crippen LogP contribution is 2.35. The summed E-state index contributed by atoms with van der Waals surface area (Å²) in [5.41, 5.74) is 2.39. The Morgan fingerprint density at radius 3 is 2.51 bits per heavy atom. The Hall–Kier alpha value is -4.25. The van der Waals surface area contributed by atoms with Gasteiger partial charge in [-0.1, -0.05) is 0 Å². The zero-order chi connectivity index (χ0) is 26.1. The largest absolute Gasteiger partial charge is 0.435 e. The number of nitrogens with zero attached hydrogens (tertiary/aromatic N) is 4. The fourth-order valence-electron chi connectivity index (χ4n) is 4.34. The second-order valence-electron chi connectivity index (χ2n) is 8.96. The van der Waals surface area contributed by atoms with E-state index in [1.165, 1.54) is 19.4 Å². The fourth-order valence-corrected chi connectivity index (χ4v) is 4.34. The van der Waals surface area contributed by atoms with Gasteiger partial charge in [-0.2, -0.15) is 0 Å². The molecule has 0 unspecified atom stereocenters. The molecule has 1 aliphatic heterocycles. The van der Waals surface area contributed by atoms with E-state index < -0.39 is 23.3 Å². The van der Waals surface area contributed by atoms with E-state index in [9.17, 15) is 9.18 Å². The van der Waals surface area contributed by atoms with Crippen LogP contribution in [0.25, 0.3) is 10.9 Å². The maximum Gasteiger partial charge on any atom is 0.260 e. The van der Waals surface area contributed by atoms with Gasteiger partial charge in [0.25, 0.3) is 5.91 Å². The molecule has 0 atom stereocenters. The van der Waals surface area contributed by atoms with Crippen molar-refractivity contribution >= 4 is 34.0 Å². The van der Waals surface area contributed by atoms with Crippen LogP contribution in [0.3, 0.4) is 0 Å². The molecule has 3 N–H and O–H groups in total. The van der Waals surface area contributed by atoms with Crippen molar-refractivity contribution < 1.29 is 18.3 Å². The van der Waals surface area contributed by atoms with Gasteiger partial charge in [0, 0.05) is 61.7 Å². The van der Waals surface area contributed by atoms with Crippen molar-refractivity contribution in [2.45, 2.75) is 6.92 Å². The van der Waals surface area contributed by atoms with Crippen molar-refractivity contribution in [3.05, 3.63) is 65.6 Å². The maximum absolute atomic E-state index is 15.1. The van der Waals surface area contributed by atoms with E-state index in [1.54, 1.807) is 6.92 Å². The van der Waals surface area contributed by atoms with Gasteiger partial charge in [0.1, 0.15) is 11.9 Å². The molecule has 0 bridgehead atoms. The van der Waals surface area contributed by atoms with Crippen LogP contribution in [0.5, 0.6) is 11.6 Å². The number of likely N-dealkylation sites (N-methyl/N-ethyl adjacent to an activating group) is 1. The number of aryl methyl sites for hydroxylation is 1. The number of fused-ring (bicyclic) bond motifs is 1. The molecule has 1 fully saturated rings. The van der Waals surface area contributed by atoms with Gasteiger partial charge in [-0.25, -0.2) is 18.7 Å². The van der Waals surface area contributed by atoms with E-state index in [-0.39, 0.29) is 28.2 Å². The van der Waals surface area contributed by atoms with Gasteiger partial charge >= 0.3 is 0 Å². The summed E-state index contributed by atoms with van der Waals surface area (Å²) in [5, 5.41) is 5.69. The molecule has 37 heavy (non-hydrogen) atoms. The molecule has 2 aromatic carbocycles. The summed E-state index contributed by atoms with van der Waals surface area (Å²) in [4.78, 5) is 28.4. The summed E-state index contributed by atoms with van der Waals surface area (Å²) in [6, 6.07) is 10.2. The first-order valence-electron chi connectivity index (χ1n) is 11.9. The first-order valence-corrected chi connectivity index (χ1v) is 11.9. The molecule has 0 spiro atoms. The van der Waals surface area contributed by atoms with Crippen molar-refractivity contribution in [2.24, 2.45) is 0 Å². The molecule has 9 nitrogen and oxygen atoms in total. The zero-order valence-electron chi connectivity index (χ0n) is 20.7.